The highest BCUT2D eigenvalue weighted by molar-refractivity contribution is 7.89. The summed E-state index contributed by atoms with van der Waals surface area (Å²) in [5, 5.41) is 8.93. The Labute approximate surface area is 99.7 Å². The van der Waals surface area contributed by atoms with Crippen molar-refractivity contribution in [1.29, 1.82) is 0 Å². The second-order valence-corrected chi connectivity index (χ2v) is 5.67. The minimum Gasteiger partial charge on any atom is -0.395 e. The predicted molar refractivity (Wildman–Crippen MR) is 62.3 cm³/mol. The number of halogens is 1. The van der Waals surface area contributed by atoms with E-state index in [4.69, 9.17) is 10.8 Å². The van der Waals surface area contributed by atoms with Crippen LogP contribution in [0.1, 0.15) is 6.92 Å². The van der Waals surface area contributed by atoms with Gasteiger partial charge in [0.15, 0.2) is 0 Å². The lowest BCUT2D eigenvalue weighted by molar-refractivity contribution is 0.214. The lowest BCUT2D eigenvalue weighted by Gasteiger charge is -2.23. The van der Waals surface area contributed by atoms with Crippen LogP contribution in [-0.4, -0.2) is 37.5 Å². The van der Waals surface area contributed by atoms with Gasteiger partial charge in [0.05, 0.1) is 12.3 Å². The molecule has 1 unspecified atom stereocenters. The van der Waals surface area contributed by atoms with Crippen LogP contribution in [0.15, 0.2) is 23.1 Å². The van der Waals surface area contributed by atoms with Gasteiger partial charge in [-0.1, -0.05) is 6.07 Å². The van der Waals surface area contributed by atoms with Gasteiger partial charge in [0.1, 0.15) is 10.7 Å². The SMILES string of the molecule is CC(CO)N(C)S(=O)(=O)c1cccc(F)c1N. The van der Waals surface area contributed by atoms with Crippen molar-refractivity contribution >= 4 is 15.7 Å². The molecule has 0 fully saturated rings. The van der Waals surface area contributed by atoms with Gasteiger partial charge in [-0.25, -0.2) is 12.8 Å². The highest BCUT2D eigenvalue weighted by Gasteiger charge is 2.27. The van der Waals surface area contributed by atoms with Crippen molar-refractivity contribution in [1.82, 2.24) is 4.31 Å². The van der Waals surface area contributed by atoms with Gasteiger partial charge in [0, 0.05) is 13.1 Å². The number of nitrogen functional groups attached to an aromatic ring is 1. The number of sulfonamides is 1. The van der Waals surface area contributed by atoms with E-state index in [1.165, 1.54) is 26.1 Å². The Morgan fingerprint density at radius 3 is 2.65 bits per heavy atom. The van der Waals surface area contributed by atoms with E-state index in [0.29, 0.717) is 0 Å². The largest absolute Gasteiger partial charge is 0.395 e. The molecule has 96 valence electrons. The van der Waals surface area contributed by atoms with Gasteiger partial charge >= 0.3 is 0 Å². The first-order chi connectivity index (χ1) is 7.82. The fourth-order valence-corrected chi connectivity index (χ4v) is 2.73. The summed E-state index contributed by atoms with van der Waals surface area (Å²) in [6, 6.07) is 2.98. The number of nitrogens with zero attached hydrogens (tertiary/aromatic N) is 1. The third kappa shape index (κ3) is 2.56. The molecule has 1 rings (SSSR count). The third-order valence-electron chi connectivity index (χ3n) is 2.55. The van der Waals surface area contributed by atoms with E-state index in [1.54, 1.807) is 0 Å². The first kappa shape index (κ1) is 13.9. The van der Waals surface area contributed by atoms with Crippen LogP contribution >= 0.6 is 0 Å². The number of aliphatic hydroxyl groups excluding tert-OH is 1. The summed E-state index contributed by atoms with van der Waals surface area (Å²) in [5.41, 5.74) is 4.99. The topological polar surface area (TPSA) is 83.6 Å². The van der Waals surface area contributed by atoms with Crippen molar-refractivity contribution in [2.24, 2.45) is 0 Å². The maximum absolute atomic E-state index is 13.2. The summed E-state index contributed by atoms with van der Waals surface area (Å²) in [6.45, 7) is 1.21. The molecule has 0 aromatic heterocycles. The van der Waals surface area contributed by atoms with E-state index >= 15 is 0 Å². The van der Waals surface area contributed by atoms with Crippen molar-refractivity contribution in [2.75, 3.05) is 19.4 Å². The van der Waals surface area contributed by atoms with Crippen LogP contribution in [0, 0.1) is 5.82 Å². The fourth-order valence-electron chi connectivity index (χ4n) is 1.25. The average molecular weight is 262 g/mol. The van der Waals surface area contributed by atoms with Crippen molar-refractivity contribution in [3.05, 3.63) is 24.0 Å². The molecule has 1 atom stereocenters. The molecule has 3 N–H and O–H groups in total. The fraction of sp³-hybridized carbons (Fsp3) is 0.400. The average Bonchev–Trinajstić information content (AvgIpc) is 2.30. The molecule has 0 aliphatic carbocycles. The van der Waals surface area contributed by atoms with E-state index in [2.05, 4.69) is 0 Å². The summed E-state index contributed by atoms with van der Waals surface area (Å²) in [7, 11) is -2.59. The van der Waals surface area contributed by atoms with Gasteiger partial charge < -0.3 is 10.8 Å². The molecule has 0 aliphatic rings. The number of aliphatic hydroxyl groups is 1. The number of hydrogen-bond donors (Lipinski definition) is 2. The lowest BCUT2D eigenvalue weighted by Crippen LogP contribution is -2.37. The molecule has 0 radical (unpaired) electrons. The highest BCUT2D eigenvalue weighted by Crippen LogP contribution is 2.24. The van der Waals surface area contributed by atoms with Crippen molar-refractivity contribution in [2.45, 2.75) is 17.9 Å². The van der Waals surface area contributed by atoms with E-state index in [0.717, 1.165) is 10.4 Å². The van der Waals surface area contributed by atoms with Gasteiger partial charge in [0.2, 0.25) is 10.0 Å². The summed E-state index contributed by atoms with van der Waals surface area (Å²) < 4.78 is 38.3. The summed E-state index contributed by atoms with van der Waals surface area (Å²) in [4.78, 5) is -0.291. The van der Waals surface area contributed by atoms with E-state index < -0.39 is 27.6 Å². The monoisotopic (exact) mass is 262 g/mol. The predicted octanol–water partition coefficient (Wildman–Crippen LogP) is 0.409. The Balaban J connectivity index is 3.27. The molecule has 0 spiro atoms. The van der Waals surface area contributed by atoms with E-state index in [1.807, 2.05) is 0 Å². The molecule has 0 bridgehead atoms. The maximum atomic E-state index is 13.2. The number of rotatable bonds is 4. The Kier molecular flexibility index (Phi) is 4.07. The third-order valence-corrected chi connectivity index (χ3v) is 4.58. The van der Waals surface area contributed by atoms with Gasteiger partial charge in [-0.3, -0.25) is 0 Å². The number of hydrogen-bond acceptors (Lipinski definition) is 4. The number of nitrogens with two attached hydrogens (primary N) is 1. The normalized spacial score (nSPS) is 13.9. The zero-order valence-corrected chi connectivity index (χ0v) is 10.4. The van der Waals surface area contributed by atoms with E-state index in [9.17, 15) is 12.8 Å². The van der Waals surface area contributed by atoms with Gasteiger partial charge in [0.25, 0.3) is 0 Å². The summed E-state index contributed by atoms with van der Waals surface area (Å²) in [6.07, 6.45) is 0. The molecule has 0 saturated carbocycles. The molecular formula is C10H15FN2O3S. The molecule has 17 heavy (non-hydrogen) atoms. The lowest BCUT2D eigenvalue weighted by atomic mass is 10.3. The Morgan fingerprint density at radius 1 is 1.53 bits per heavy atom. The van der Waals surface area contributed by atoms with Gasteiger partial charge in [-0.05, 0) is 19.1 Å². The van der Waals surface area contributed by atoms with Crippen LogP contribution in [-0.2, 0) is 10.0 Å². The van der Waals surface area contributed by atoms with Crippen LogP contribution in [0.2, 0.25) is 0 Å². The molecule has 5 nitrogen and oxygen atoms in total. The molecule has 1 aromatic carbocycles. The Hall–Kier alpha value is -1.18. The van der Waals surface area contributed by atoms with Crippen molar-refractivity contribution in [3.63, 3.8) is 0 Å². The van der Waals surface area contributed by atoms with Crippen LogP contribution < -0.4 is 5.73 Å². The van der Waals surface area contributed by atoms with Gasteiger partial charge in [-0.15, -0.1) is 0 Å². The van der Waals surface area contributed by atoms with Gasteiger partial charge in [-0.2, -0.15) is 4.31 Å². The molecule has 1 aromatic rings. The molecule has 0 aliphatic heterocycles. The second-order valence-electron chi connectivity index (χ2n) is 3.70. The molecule has 0 amide bonds. The number of likely N-dealkylation sites (N-methyl/N-ethyl adjacent to an activating group) is 1. The smallest absolute Gasteiger partial charge is 0.245 e. The molecule has 0 saturated heterocycles. The van der Waals surface area contributed by atoms with Crippen LogP contribution in [0.3, 0.4) is 0 Å². The first-order valence-corrected chi connectivity index (χ1v) is 6.39. The number of para-hydroxylation sites is 1. The minimum absolute atomic E-state index is 0.291. The van der Waals surface area contributed by atoms with Crippen LogP contribution in [0.4, 0.5) is 10.1 Å². The summed E-state index contributed by atoms with van der Waals surface area (Å²) >= 11 is 0. The highest BCUT2D eigenvalue weighted by atomic mass is 32.2. The van der Waals surface area contributed by atoms with Crippen molar-refractivity contribution in [3.8, 4) is 0 Å². The number of anilines is 1. The maximum Gasteiger partial charge on any atom is 0.245 e. The first-order valence-electron chi connectivity index (χ1n) is 4.95. The Bertz CT molecular complexity index is 504. The zero-order chi connectivity index (χ0) is 13.2. The van der Waals surface area contributed by atoms with Crippen LogP contribution in [0.5, 0.6) is 0 Å². The quantitative estimate of drug-likeness (QED) is 0.770. The molecular weight excluding hydrogens is 247 g/mol. The second kappa shape index (κ2) is 4.99. The Morgan fingerprint density at radius 2 is 2.12 bits per heavy atom. The molecule has 7 heteroatoms. The standard InChI is InChI=1S/C10H15FN2O3S/c1-7(6-14)13(2)17(15,16)9-5-3-4-8(11)10(9)12/h3-5,7,14H,6,12H2,1-2H3. The zero-order valence-electron chi connectivity index (χ0n) is 9.59. The molecule has 0 heterocycles. The minimum atomic E-state index is -3.90. The number of benzene rings is 1. The van der Waals surface area contributed by atoms with E-state index in [-0.39, 0.29) is 11.5 Å². The summed E-state index contributed by atoms with van der Waals surface area (Å²) in [5.74, 6) is -0.781. The van der Waals surface area contributed by atoms with Crippen molar-refractivity contribution < 1.29 is 17.9 Å². The van der Waals surface area contributed by atoms with Crippen LogP contribution in [0.25, 0.3) is 0 Å².